The van der Waals surface area contributed by atoms with Crippen LogP contribution in [-0.2, 0) is 20.0 Å². The molecule has 33 heavy (non-hydrogen) atoms. The van der Waals surface area contributed by atoms with Gasteiger partial charge >= 0.3 is 0 Å². The average Bonchev–Trinajstić information content (AvgIpc) is 3.35. The van der Waals surface area contributed by atoms with Gasteiger partial charge in [0.25, 0.3) is 5.91 Å². The van der Waals surface area contributed by atoms with Crippen LogP contribution in [0.5, 0.6) is 5.75 Å². The number of anilines is 1. The highest BCUT2D eigenvalue weighted by Gasteiger charge is 2.30. The topological polar surface area (TPSA) is 113 Å². The van der Waals surface area contributed by atoms with Crippen LogP contribution < -0.4 is 10.1 Å². The zero-order valence-electron chi connectivity index (χ0n) is 18.9. The molecule has 1 N–H and O–H groups in total. The van der Waals surface area contributed by atoms with Crippen LogP contribution in [0, 0.1) is 0 Å². The Kier molecular flexibility index (Phi) is 7.78. The van der Waals surface area contributed by atoms with Gasteiger partial charge in [-0.3, -0.25) is 4.79 Å². The van der Waals surface area contributed by atoms with Crippen LogP contribution in [-0.4, -0.2) is 64.6 Å². The Morgan fingerprint density at radius 2 is 1.61 bits per heavy atom. The number of nitrogens with zero attached hydrogens (tertiary/aromatic N) is 2. The van der Waals surface area contributed by atoms with Gasteiger partial charge < -0.3 is 10.1 Å². The zero-order chi connectivity index (χ0) is 24.2. The third kappa shape index (κ3) is 5.21. The van der Waals surface area contributed by atoms with E-state index in [1.165, 1.54) is 58.2 Å². The molecule has 1 fully saturated rings. The van der Waals surface area contributed by atoms with E-state index >= 15 is 0 Å². The Hall–Kier alpha value is -2.47. The molecule has 2 aromatic carbocycles. The molecule has 1 aliphatic rings. The molecule has 180 valence electrons. The van der Waals surface area contributed by atoms with Crippen LogP contribution >= 0.6 is 0 Å². The first-order chi connectivity index (χ1) is 15.6. The molecule has 3 rings (SSSR count). The van der Waals surface area contributed by atoms with Crippen LogP contribution in [0.2, 0.25) is 0 Å². The number of hydrogen-bond acceptors (Lipinski definition) is 6. The first-order valence-corrected chi connectivity index (χ1v) is 13.6. The quantitative estimate of drug-likeness (QED) is 0.572. The molecule has 0 saturated carbocycles. The molecule has 1 saturated heterocycles. The number of carbonyl (C=O) groups is 1. The molecule has 0 radical (unpaired) electrons. The molecular formula is C22H29N3O6S2. The lowest BCUT2D eigenvalue weighted by atomic mass is 10.2. The van der Waals surface area contributed by atoms with Crippen molar-refractivity contribution < 1.29 is 26.4 Å². The summed E-state index contributed by atoms with van der Waals surface area (Å²) in [5, 5.41) is 2.68. The lowest BCUT2D eigenvalue weighted by molar-refractivity contribution is 0.102. The highest BCUT2D eigenvalue weighted by molar-refractivity contribution is 7.89. The fourth-order valence-corrected chi connectivity index (χ4v) is 6.87. The van der Waals surface area contributed by atoms with Crippen molar-refractivity contribution in [2.24, 2.45) is 0 Å². The number of amides is 1. The SMILES string of the molecule is CCN(CC)S(=O)(=O)c1ccc(NC(=O)c2ccc(OC)c(S(=O)(=O)N3CCCC3)c2)cc1. The lowest BCUT2D eigenvalue weighted by Crippen LogP contribution is -2.30. The van der Waals surface area contributed by atoms with E-state index in [0.29, 0.717) is 31.9 Å². The molecule has 2 aromatic rings. The van der Waals surface area contributed by atoms with Crippen molar-refractivity contribution in [3.8, 4) is 5.75 Å². The summed E-state index contributed by atoms with van der Waals surface area (Å²) in [5.41, 5.74) is 0.534. The first kappa shape index (κ1) is 25.2. The van der Waals surface area contributed by atoms with Crippen molar-refractivity contribution in [2.45, 2.75) is 36.5 Å². The molecule has 0 bridgehead atoms. The maximum Gasteiger partial charge on any atom is 0.255 e. The van der Waals surface area contributed by atoms with E-state index in [4.69, 9.17) is 4.74 Å². The summed E-state index contributed by atoms with van der Waals surface area (Å²) in [6.45, 7) is 5.12. The molecule has 0 aromatic heterocycles. The fourth-order valence-electron chi connectivity index (χ4n) is 3.71. The summed E-state index contributed by atoms with van der Waals surface area (Å²) in [5.74, 6) is -0.348. The van der Waals surface area contributed by atoms with Gasteiger partial charge in [0.05, 0.1) is 12.0 Å². The Morgan fingerprint density at radius 1 is 1.00 bits per heavy atom. The van der Waals surface area contributed by atoms with Gasteiger partial charge in [-0.05, 0) is 55.3 Å². The van der Waals surface area contributed by atoms with E-state index in [1.807, 2.05) is 0 Å². The Balaban J connectivity index is 1.83. The third-order valence-corrected chi connectivity index (χ3v) is 9.55. The predicted molar refractivity (Wildman–Crippen MR) is 125 cm³/mol. The zero-order valence-corrected chi connectivity index (χ0v) is 20.6. The van der Waals surface area contributed by atoms with Gasteiger partial charge in [0, 0.05) is 37.4 Å². The summed E-state index contributed by atoms with van der Waals surface area (Å²) in [6, 6.07) is 10.1. The monoisotopic (exact) mass is 495 g/mol. The number of nitrogens with one attached hydrogen (secondary N) is 1. The molecular weight excluding hydrogens is 466 g/mol. The van der Waals surface area contributed by atoms with E-state index in [0.717, 1.165) is 12.8 Å². The number of methoxy groups -OCH3 is 1. The number of carbonyl (C=O) groups excluding carboxylic acids is 1. The van der Waals surface area contributed by atoms with Gasteiger partial charge in [0.15, 0.2) is 0 Å². The van der Waals surface area contributed by atoms with Crippen molar-refractivity contribution in [1.82, 2.24) is 8.61 Å². The minimum Gasteiger partial charge on any atom is -0.495 e. The fraction of sp³-hybridized carbons (Fsp3) is 0.409. The molecule has 11 heteroatoms. The molecule has 0 unspecified atom stereocenters. The van der Waals surface area contributed by atoms with Crippen LogP contribution in [0.1, 0.15) is 37.0 Å². The molecule has 1 amide bonds. The number of sulfonamides is 2. The van der Waals surface area contributed by atoms with Gasteiger partial charge in [-0.25, -0.2) is 16.8 Å². The number of ether oxygens (including phenoxy) is 1. The largest absolute Gasteiger partial charge is 0.495 e. The predicted octanol–water partition coefficient (Wildman–Crippen LogP) is 2.76. The maximum atomic E-state index is 13.0. The smallest absolute Gasteiger partial charge is 0.255 e. The Labute approximate surface area is 195 Å². The first-order valence-electron chi connectivity index (χ1n) is 10.7. The van der Waals surface area contributed by atoms with E-state index in [1.54, 1.807) is 13.8 Å². The Bertz CT molecular complexity index is 1200. The molecule has 0 spiro atoms. The van der Waals surface area contributed by atoms with Gasteiger partial charge in [0.2, 0.25) is 20.0 Å². The number of rotatable bonds is 9. The van der Waals surface area contributed by atoms with Crippen LogP contribution in [0.4, 0.5) is 5.69 Å². The normalized spacial score (nSPS) is 15.0. The highest BCUT2D eigenvalue weighted by atomic mass is 32.2. The van der Waals surface area contributed by atoms with Crippen molar-refractivity contribution in [3.05, 3.63) is 48.0 Å². The van der Waals surface area contributed by atoms with Crippen LogP contribution in [0.15, 0.2) is 52.3 Å². The minimum absolute atomic E-state index is 0.0554. The molecule has 0 aliphatic carbocycles. The molecule has 0 atom stereocenters. The van der Waals surface area contributed by atoms with E-state index in [2.05, 4.69) is 5.32 Å². The third-order valence-electron chi connectivity index (χ3n) is 5.56. The van der Waals surface area contributed by atoms with Crippen molar-refractivity contribution in [3.63, 3.8) is 0 Å². The maximum absolute atomic E-state index is 13.0. The Morgan fingerprint density at radius 3 is 2.15 bits per heavy atom. The van der Waals surface area contributed by atoms with Crippen LogP contribution in [0.25, 0.3) is 0 Å². The van der Waals surface area contributed by atoms with Gasteiger partial charge in [-0.15, -0.1) is 0 Å². The standard InChI is InChI=1S/C22H29N3O6S2/c1-4-24(5-2)32(27,28)19-11-9-18(10-12-19)23-22(26)17-8-13-20(31-3)21(16-17)33(29,30)25-14-6-7-15-25/h8-13,16H,4-7,14-15H2,1-3H3,(H,23,26). The van der Waals surface area contributed by atoms with Crippen LogP contribution in [0.3, 0.4) is 0 Å². The number of hydrogen-bond donors (Lipinski definition) is 1. The van der Waals surface area contributed by atoms with Crippen molar-refractivity contribution in [2.75, 3.05) is 38.6 Å². The summed E-state index contributed by atoms with van der Waals surface area (Å²) in [7, 11) is -6.01. The summed E-state index contributed by atoms with van der Waals surface area (Å²) >= 11 is 0. The van der Waals surface area contributed by atoms with E-state index in [9.17, 15) is 21.6 Å². The second kappa shape index (κ2) is 10.2. The van der Waals surface area contributed by atoms with E-state index in [-0.39, 0.29) is 21.1 Å². The van der Waals surface area contributed by atoms with E-state index < -0.39 is 26.0 Å². The van der Waals surface area contributed by atoms with Crippen molar-refractivity contribution >= 4 is 31.6 Å². The second-order valence-electron chi connectivity index (χ2n) is 7.54. The summed E-state index contributed by atoms with van der Waals surface area (Å²) in [4.78, 5) is 12.9. The minimum atomic E-state index is -3.79. The average molecular weight is 496 g/mol. The van der Waals surface area contributed by atoms with Gasteiger partial charge in [-0.1, -0.05) is 13.8 Å². The molecule has 9 nitrogen and oxygen atoms in total. The summed E-state index contributed by atoms with van der Waals surface area (Å²) < 4.78 is 59.3. The van der Waals surface area contributed by atoms with Gasteiger partial charge in [0.1, 0.15) is 10.6 Å². The number of benzene rings is 2. The van der Waals surface area contributed by atoms with Crippen molar-refractivity contribution in [1.29, 1.82) is 0 Å². The summed E-state index contributed by atoms with van der Waals surface area (Å²) in [6.07, 6.45) is 1.59. The second-order valence-corrected chi connectivity index (χ2v) is 11.4. The van der Waals surface area contributed by atoms with Gasteiger partial charge in [-0.2, -0.15) is 8.61 Å². The molecule has 1 aliphatic heterocycles. The lowest BCUT2D eigenvalue weighted by Gasteiger charge is -2.19. The molecule has 1 heterocycles. The highest BCUT2D eigenvalue weighted by Crippen LogP contribution is 2.30.